The third kappa shape index (κ3) is 3.05. The lowest BCUT2D eigenvalue weighted by Crippen LogP contribution is -2.13. The van der Waals surface area contributed by atoms with E-state index in [0.717, 1.165) is 0 Å². The van der Waals surface area contributed by atoms with Crippen LogP contribution in [0.2, 0.25) is 0 Å². The monoisotopic (exact) mass is 292 g/mol. The Balaban J connectivity index is 2.27. The van der Waals surface area contributed by atoms with Crippen molar-refractivity contribution in [1.29, 1.82) is 0 Å². The molecule has 21 heavy (non-hydrogen) atoms. The van der Waals surface area contributed by atoms with E-state index in [9.17, 15) is 10.1 Å². The fourth-order valence-electron chi connectivity index (χ4n) is 1.59. The third-order valence-corrected chi connectivity index (χ3v) is 2.72. The molecule has 1 aromatic heterocycles. The SMILES string of the molecule is Cn1ncnc1COc1ccc(C(N)=NO)cc1[N+](=O)[O-]. The van der Waals surface area contributed by atoms with Gasteiger partial charge in [-0.05, 0) is 12.1 Å². The number of aryl methyl sites for hydroxylation is 1. The molecular formula is C11H12N6O4. The smallest absolute Gasteiger partial charge is 0.311 e. The van der Waals surface area contributed by atoms with Crippen molar-refractivity contribution >= 4 is 11.5 Å². The molecule has 0 aliphatic carbocycles. The predicted octanol–water partition coefficient (Wildman–Crippen LogP) is 0.397. The molecule has 1 aromatic carbocycles. The lowest BCUT2D eigenvalue weighted by molar-refractivity contribution is -0.386. The normalized spacial score (nSPS) is 11.4. The lowest BCUT2D eigenvalue weighted by atomic mass is 10.1. The molecule has 0 aliphatic heterocycles. The van der Waals surface area contributed by atoms with E-state index in [1.807, 2.05) is 0 Å². The van der Waals surface area contributed by atoms with Gasteiger partial charge in [-0.25, -0.2) is 4.98 Å². The molecule has 0 radical (unpaired) electrons. The summed E-state index contributed by atoms with van der Waals surface area (Å²) < 4.78 is 6.88. The number of rotatable bonds is 5. The summed E-state index contributed by atoms with van der Waals surface area (Å²) in [6.45, 7) is 0.0280. The van der Waals surface area contributed by atoms with Crippen LogP contribution in [0.15, 0.2) is 29.7 Å². The van der Waals surface area contributed by atoms with E-state index < -0.39 is 4.92 Å². The summed E-state index contributed by atoms with van der Waals surface area (Å²) in [5, 5.41) is 26.3. The average Bonchev–Trinajstić information content (AvgIpc) is 2.89. The van der Waals surface area contributed by atoms with Crippen LogP contribution in [0.25, 0.3) is 0 Å². The number of nitrogens with zero attached hydrogens (tertiary/aromatic N) is 5. The van der Waals surface area contributed by atoms with E-state index in [1.54, 1.807) is 7.05 Å². The number of ether oxygens (including phenoxy) is 1. The summed E-state index contributed by atoms with van der Waals surface area (Å²) in [4.78, 5) is 14.4. The quantitative estimate of drug-likeness (QED) is 0.267. The number of benzene rings is 1. The highest BCUT2D eigenvalue weighted by Gasteiger charge is 2.18. The average molecular weight is 292 g/mol. The minimum absolute atomic E-state index is 0.0280. The topological polar surface area (TPSA) is 142 Å². The van der Waals surface area contributed by atoms with Crippen molar-refractivity contribution in [3.63, 3.8) is 0 Å². The molecule has 10 heteroatoms. The molecule has 0 aliphatic rings. The predicted molar refractivity (Wildman–Crippen MR) is 70.9 cm³/mol. The van der Waals surface area contributed by atoms with E-state index >= 15 is 0 Å². The van der Waals surface area contributed by atoms with Crippen molar-refractivity contribution in [2.45, 2.75) is 6.61 Å². The Labute approximate surface area is 118 Å². The number of nitro benzene ring substituents is 1. The first kappa shape index (κ1) is 14.2. The second kappa shape index (κ2) is 5.86. The second-order valence-electron chi connectivity index (χ2n) is 4.01. The molecule has 0 bridgehead atoms. The second-order valence-corrected chi connectivity index (χ2v) is 4.01. The van der Waals surface area contributed by atoms with Crippen LogP contribution < -0.4 is 10.5 Å². The van der Waals surface area contributed by atoms with Gasteiger partial charge in [-0.1, -0.05) is 5.16 Å². The van der Waals surface area contributed by atoms with Crippen LogP contribution in [0.4, 0.5) is 5.69 Å². The van der Waals surface area contributed by atoms with E-state index in [1.165, 1.54) is 29.2 Å². The Kier molecular flexibility index (Phi) is 3.97. The molecule has 0 saturated heterocycles. The van der Waals surface area contributed by atoms with Gasteiger partial charge >= 0.3 is 5.69 Å². The van der Waals surface area contributed by atoms with Crippen molar-refractivity contribution in [2.75, 3.05) is 0 Å². The van der Waals surface area contributed by atoms with Crippen LogP contribution in [0.3, 0.4) is 0 Å². The van der Waals surface area contributed by atoms with Crippen LogP contribution in [-0.4, -0.2) is 30.7 Å². The number of nitro groups is 1. The first-order valence-electron chi connectivity index (χ1n) is 5.75. The number of amidine groups is 1. The zero-order valence-corrected chi connectivity index (χ0v) is 11.0. The Morgan fingerprint density at radius 2 is 2.38 bits per heavy atom. The number of hydrogen-bond donors (Lipinski definition) is 2. The van der Waals surface area contributed by atoms with Crippen molar-refractivity contribution in [1.82, 2.24) is 14.8 Å². The standard InChI is InChI=1S/C11H12N6O4/c1-16-10(13-6-14-16)5-21-9-3-2-7(11(12)15-18)4-8(9)17(19)20/h2-4,6,18H,5H2,1H3,(H2,12,15). The molecule has 0 amide bonds. The minimum atomic E-state index is -0.611. The van der Waals surface area contributed by atoms with E-state index in [-0.39, 0.29) is 29.4 Å². The molecular weight excluding hydrogens is 280 g/mol. The molecule has 0 spiro atoms. The van der Waals surface area contributed by atoms with Gasteiger partial charge in [-0.15, -0.1) is 0 Å². The van der Waals surface area contributed by atoms with Gasteiger partial charge in [0.1, 0.15) is 12.9 Å². The molecule has 2 rings (SSSR count). The molecule has 110 valence electrons. The Bertz CT molecular complexity index is 696. The fraction of sp³-hybridized carbons (Fsp3) is 0.182. The summed E-state index contributed by atoms with van der Waals surface area (Å²) in [7, 11) is 1.68. The van der Waals surface area contributed by atoms with Crippen molar-refractivity contribution < 1.29 is 14.9 Å². The fourth-order valence-corrected chi connectivity index (χ4v) is 1.59. The maximum Gasteiger partial charge on any atom is 0.311 e. The highest BCUT2D eigenvalue weighted by molar-refractivity contribution is 5.97. The first-order chi connectivity index (χ1) is 10.0. The molecule has 10 nitrogen and oxygen atoms in total. The van der Waals surface area contributed by atoms with Crippen LogP contribution in [0, 0.1) is 10.1 Å². The maximum atomic E-state index is 11.1. The van der Waals surface area contributed by atoms with Gasteiger partial charge < -0.3 is 15.7 Å². The summed E-state index contributed by atoms with van der Waals surface area (Å²) in [5.74, 6) is 0.347. The Morgan fingerprint density at radius 3 is 2.95 bits per heavy atom. The van der Waals surface area contributed by atoms with Gasteiger partial charge in [0.05, 0.1) is 4.92 Å². The van der Waals surface area contributed by atoms with Gasteiger partial charge in [0.15, 0.2) is 17.4 Å². The molecule has 0 unspecified atom stereocenters. The van der Waals surface area contributed by atoms with Gasteiger partial charge in [0.25, 0.3) is 0 Å². The summed E-state index contributed by atoms with van der Waals surface area (Å²) in [6, 6.07) is 4.00. The summed E-state index contributed by atoms with van der Waals surface area (Å²) in [5.41, 5.74) is 5.33. The summed E-state index contributed by atoms with van der Waals surface area (Å²) in [6.07, 6.45) is 1.36. The zero-order chi connectivity index (χ0) is 15.4. The van der Waals surface area contributed by atoms with E-state index in [2.05, 4.69) is 15.2 Å². The van der Waals surface area contributed by atoms with Gasteiger partial charge in [0, 0.05) is 18.7 Å². The van der Waals surface area contributed by atoms with E-state index in [4.69, 9.17) is 15.7 Å². The molecule has 2 aromatic rings. The molecule has 1 heterocycles. The van der Waals surface area contributed by atoms with Crippen LogP contribution in [0.5, 0.6) is 5.75 Å². The third-order valence-electron chi connectivity index (χ3n) is 2.72. The van der Waals surface area contributed by atoms with E-state index in [0.29, 0.717) is 5.82 Å². The largest absolute Gasteiger partial charge is 0.479 e. The molecule has 0 fully saturated rings. The first-order valence-corrected chi connectivity index (χ1v) is 5.75. The highest BCUT2D eigenvalue weighted by Crippen LogP contribution is 2.28. The number of aromatic nitrogens is 3. The minimum Gasteiger partial charge on any atom is -0.479 e. The summed E-state index contributed by atoms with van der Waals surface area (Å²) >= 11 is 0. The van der Waals surface area contributed by atoms with Gasteiger partial charge in [0.2, 0.25) is 0 Å². The number of hydrogen-bond acceptors (Lipinski definition) is 7. The van der Waals surface area contributed by atoms with Crippen molar-refractivity contribution in [3.8, 4) is 5.75 Å². The molecule has 3 N–H and O–H groups in total. The van der Waals surface area contributed by atoms with Crippen LogP contribution in [0.1, 0.15) is 11.4 Å². The van der Waals surface area contributed by atoms with Gasteiger partial charge in [-0.2, -0.15) is 5.10 Å². The Hall–Kier alpha value is -3.17. The number of nitrogens with two attached hydrogens (primary N) is 1. The van der Waals surface area contributed by atoms with Crippen molar-refractivity contribution in [3.05, 3.63) is 46.0 Å². The zero-order valence-electron chi connectivity index (χ0n) is 11.0. The van der Waals surface area contributed by atoms with Crippen molar-refractivity contribution in [2.24, 2.45) is 17.9 Å². The van der Waals surface area contributed by atoms with Crippen LogP contribution in [-0.2, 0) is 13.7 Å². The molecule has 0 saturated carbocycles. The Morgan fingerprint density at radius 1 is 1.62 bits per heavy atom. The van der Waals surface area contributed by atoms with Gasteiger partial charge in [-0.3, -0.25) is 14.8 Å². The molecule has 0 atom stereocenters. The lowest BCUT2D eigenvalue weighted by Gasteiger charge is -2.07. The maximum absolute atomic E-state index is 11.1. The highest BCUT2D eigenvalue weighted by atomic mass is 16.6. The van der Waals surface area contributed by atoms with Crippen LogP contribution >= 0.6 is 0 Å². The number of oxime groups is 1.